The van der Waals surface area contributed by atoms with E-state index in [2.05, 4.69) is 10.6 Å². The lowest BCUT2D eigenvalue weighted by Crippen LogP contribution is -2.34. The summed E-state index contributed by atoms with van der Waals surface area (Å²) in [6.07, 6.45) is 4.73. The van der Waals surface area contributed by atoms with Crippen molar-refractivity contribution in [3.8, 4) is 0 Å². The van der Waals surface area contributed by atoms with Crippen molar-refractivity contribution < 1.29 is 13.2 Å². The molecule has 0 aliphatic heterocycles. The van der Waals surface area contributed by atoms with Gasteiger partial charge in [-0.3, -0.25) is 4.79 Å². The van der Waals surface area contributed by atoms with Crippen LogP contribution in [0.25, 0.3) is 0 Å². The van der Waals surface area contributed by atoms with E-state index in [1.165, 1.54) is 25.0 Å². The van der Waals surface area contributed by atoms with Crippen LogP contribution in [0.15, 0.2) is 29.2 Å². The van der Waals surface area contributed by atoms with E-state index < -0.39 is 9.84 Å². The Kier molecular flexibility index (Phi) is 5.36. The fourth-order valence-electron chi connectivity index (χ4n) is 2.48. The number of hydrogen-bond donors (Lipinski definition) is 2. The lowest BCUT2D eigenvalue weighted by atomic mass is 10.2. The van der Waals surface area contributed by atoms with Gasteiger partial charge in [0.2, 0.25) is 5.91 Å². The zero-order valence-corrected chi connectivity index (χ0v) is 13.1. The molecule has 0 radical (unpaired) electrons. The molecule has 6 heteroatoms. The maximum atomic E-state index is 11.8. The molecule has 1 fully saturated rings. The summed E-state index contributed by atoms with van der Waals surface area (Å²) in [6, 6.07) is 6.75. The standard InChI is InChI=1S/C15H22N2O3S/c1-2-21(19,20)14-9-7-13(8-10-14)17-15(18)11-16-12-5-3-4-6-12/h7-10,12,16H,2-6,11H2,1H3,(H,17,18). The van der Waals surface area contributed by atoms with E-state index in [0.29, 0.717) is 18.3 Å². The molecule has 2 rings (SSSR count). The molecule has 0 spiro atoms. The van der Waals surface area contributed by atoms with Crippen LogP contribution in [0.1, 0.15) is 32.6 Å². The maximum absolute atomic E-state index is 11.8. The third-order valence-corrected chi connectivity index (χ3v) is 5.53. The average Bonchev–Trinajstić information content (AvgIpc) is 2.99. The summed E-state index contributed by atoms with van der Waals surface area (Å²) in [5, 5.41) is 6.00. The van der Waals surface area contributed by atoms with Gasteiger partial charge in [0.1, 0.15) is 0 Å². The Labute approximate surface area is 126 Å². The van der Waals surface area contributed by atoms with Gasteiger partial charge in [0, 0.05) is 11.7 Å². The molecule has 1 saturated carbocycles. The fraction of sp³-hybridized carbons (Fsp3) is 0.533. The molecule has 21 heavy (non-hydrogen) atoms. The normalized spacial score (nSPS) is 16.0. The minimum Gasteiger partial charge on any atom is -0.325 e. The predicted octanol–water partition coefficient (Wildman–Crippen LogP) is 1.95. The Morgan fingerprint density at radius 3 is 2.38 bits per heavy atom. The van der Waals surface area contributed by atoms with Crippen LogP contribution in [0, 0.1) is 0 Å². The zero-order chi connectivity index (χ0) is 15.3. The molecule has 0 heterocycles. The number of carbonyl (C=O) groups is 1. The fourth-order valence-corrected chi connectivity index (χ4v) is 3.37. The first kappa shape index (κ1) is 16.0. The molecule has 0 saturated heterocycles. The van der Waals surface area contributed by atoms with E-state index >= 15 is 0 Å². The second-order valence-corrected chi connectivity index (χ2v) is 7.62. The second kappa shape index (κ2) is 7.04. The zero-order valence-electron chi connectivity index (χ0n) is 12.3. The van der Waals surface area contributed by atoms with Crippen molar-refractivity contribution in [1.82, 2.24) is 5.32 Å². The second-order valence-electron chi connectivity index (χ2n) is 5.34. The number of anilines is 1. The number of nitrogens with one attached hydrogen (secondary N) is 2. The number of rotatable bonds is 6. The summed E-state index contributed by atoms with van der Waals surface area (Å²) < 4.78 is 23.4. The quantitative estimate of drug-likeness (QED) is 0.842. The van der Waals surface area contributed by atoms with Gasteiger partial charge in [-0.15, -0.1) is 0 Å². The highest BCUT2D eigenvalue weighted by atomic mass is 32.2. The lowest BCUT2D eigenvalue weighted by molar-refractivity contribution is -0.115. The SMILES string of the molecule is CCS(=O)(=O)c1ccc(NC(=O)CNC2CCCC2)cc1. The molecule has 1 aromatic rings. The van der Waals surface area contributed by atoms with Gasteiger partial charge in [-0.25, -0.2) is 8.42 Å². The number of benzene rings is 1. The van der Waals surface area contributed by atoms with E-state index in [1.54, 1.807) is 19.1 Å². The van der Waals surface area contributed by atoms with Gasteiger partial charge in [0.25, 0.3) is 0 Å². The molecule has 1 aliphatic rings. The van der Waals surface area contributed by atoms with Gasteiger partial charge < -0.3 is 10.6 Å². The Hall–Kier alpha value is -1.40. The van der Waals surface area contributed by atoms with Crippen LogP contribution < -0.4 is 10.6 Å². The van der Waals surface area contributed by atoms with Crippen molar-refractivity contribution in [2.75, 3.05) is 17.6 Å². The maximum Gasteiger partial charge on any atom is 0.238 e. The molecule has 116 valence electrons. The first-order valence-electron chi connectivity index (χ1n) is 7.37. The molecule has 0 atom stereocenters. The molecule has 0 unspecified atom stereocenters. The third-order valence-electron chi connectivity index (χ3n) is 3.78. The van der Waals surface area contributed by atoms with Crippen LogP contribution in [0.4, 0.5) is 5.69 Å². The molecule has 5 nitrogen and oxygen atoms in total. The summed E-state index contributed by atoms with van der Waals surface area (Å²) in [6.45, 7) is 1.90. The Morgan fingerprint density at radius 2 is 1.81 bits per heavy atom. The molecule has 1 aliphatic carbocycles. The van der Waals surface area contributed by atoms with E-state index in [0.717, 1.165) is 12.8 Å². The third kappa shape index (κ3) is 4.54. The van der Waals surface area contributed by atoms with E-state index in [9.17, 15) is 13.2 Å². The van der Waals surface area contributed by atoms with Crippen LogP contribution >= 0.6 is 0 Å². The smallest absolute Gasteiger partial charge is 0.238 e. The Morgan fingerprint density at radius 1 is 1.19 bits per heavy atom. The highest BCUT2D eigenvalue weighted by Gasteiger charge is 2.15. The predicted molar refractivity (Wildman–Crippen MR) is 83.1 cm³/mol. The van der Waals surface area contributed by atoms with Gasteiger partial charge >= 0.3 is 0 Å². The molecule has 1 amide bonds. The van der Waals surface area contributed by atoms with Crippen LogP contribution in [-0.4, -0.2) is 32.7 Å². The first-order chi connectivity index (χ1) is 10.0. The molecule has 2 N–H and O–H groups in total. The monoisotopic (exact) mass is 310 g/mol. The van der Waals surface area contributed by atoms with Crippen molar-refractivity contribution in [2.45, 2.75) is 43.5 Å². The molecule has 0 bridgehead atoms. The van der Waals surface area contributed by atoms with Crippen molar-refractivity contribution in [3.05, 3.63) is 24.3 Å². The van der Waals surface area contributed by atoms with Crippen LogP contribution in [0.2, 0.25) is 0 Å². The number of hydrogen-bond acceptors (Lipinski definition) is 4. The van der Waals surface area contributed by atoms with E-state index in [4.69, 9.17) is 0 Å². The van der Waals surface area contributed by atoms with E-state index in [1.807, 2.05) is 0 Å². The molecular weight excluding hydrogens is 288 g/mol. The van der Waals surface area contributed by atoms with Crippen LogP contribution in [0.5, 0.6) is 0 Å². The van der Waals surface area contributed by atoms with Gasteiger partial charge in [-0.1, -0.05) is 19.8 Å². The number of sulfone groups is 1. The summed E-state index contributed by atoms with van der Waals surface area (Å²) in [5.41, 5.74) is 0.614. The number of carbonyl (C=O) groups excluding carboxylic acids is 1. The van der Waals surface area contributed by atoms with Crippen molar-refractivity contribution >= 4 is 21.4 Å². The van der Waals surface area contributed by atoms with Crippen LogP contribution in [0.3, 0.4) is 0 Å². The summed E-state index contributed by atoms with van der Waals surface area (Å²) in [7, 11) is -3.19. The van der Waals surface area contributed by atoms with E-state index in [-0.39, 0.29) is 16.6 Å². The molecule has 0 aromatic heterocycles. The highest BCUT2D eigenvalue weighted by Crippen LogP contribution is 2.17. The van der Waals surface area contributed by atoms with Crippen molar-refractivity contribution in [2.24, 2.45) is 0 Å². The highest BCUT2D eigenvalue weighted by molar-refractivity contribution is 7.91. The molecule has 1 aromatic carbocycles. The summed E-state index contributed by atoms with van der Waals surface area (Å²) in [5.74, 6) is -0.0303. The Bertz CT molecular complexity index is 575. The first-order valence-corrected chi connectivity index (χ1v) is 9.02. The summed E-state index contributed by atoms with van der Waals surface area (Å²) in [4.78, 5) is 12.1. The largest absolute Gasteiger partial charge is 0.325 e. The van der Waals surface area contributed by atoms with Crippen molar-refractivity contribution in [3.63, 3.8) is 0 Å². The van der Waals surface area contributed by atoms with Gasteiger partial charge in [0.05, 0.1) is 17.2 Å². The lowest BCUT2D eigenvalue weighted by Gasteiger charge is -2.12. The topological polar surface area (TPSA) is 75.3 Å². The Balaban J connectivity index is 1.86. The van der Waals surface area contributed by atoms with Gasteiger partial charge in [0.15, 0.2) is 9.84 Å². The average molecular weight is 310 g/mol. The number of amides is 1. The van der Waals surface area contributed by atoms with Crippen LogP contribution in [-0.2, 0) is 14.6 Å². The minimum atomic E-state index is -3.19. The summed E-state index contributed by atoms with van der Waals surface area (Å²) >= 11 is 0. The van der Waals surface area contributed by atoms with Gasteiger partial charge in [-0.05, 0) is 37.1 Å². The van der Waals surface area contributed by atoms with Gasteiger partial charge in [-0.2, -0.15) is 0 Å². The van der Waals surface area contributed by atoms with Crippen molar-refractivity contribution in [1.29, 1.82) is 0 Å². The molecular formula is C15H22N2O3S. The minimum absolute atomic E-state index is 0.0734.